The van der Waals surface area contributed by atoms with E-state index in [4.69, 9.17) is 4.74 Å². The molecule has 1 fully saturated rings. The third-order valence-corrected chi connectivity index (χ3v) is 6.09. The summed E-state index contributed by atoms with van der Waals surface area (Å²) in [5.41, 5.74) is 0. The molecule has 1 aromatic rings. The number of amides is 2. The molecule has 2 rings (SSSR count). The van der Waals surface area contributed by atoms with Crippen LogP contribution in [-0.4, -0.2) is 46.0 Å². The lowest BCUT2D eigenvalue weighted by molar-refractivity contribution is -0.137. The number of nitrogens with zero attached hydrogens (tertiary/aromatic N) is 1. The fraction of sp³-hybridized carbons (Fsp3) is 0.579. The molecular weight excluding hydrogens is 338 g/mol. The SMILES string of the molecule is CC[C@@H](Sc1ccccc1)[C@@H](O)[C@@H](C)C(=O)N1C(=O)OC[C@@H]1C(C)C. The van der Waals surface area contributed by atoms with Crippen molar-refractivity contribution >= 4 is 23.8 Å². The summed E-state index contributed by atoms with van der Waals surface area (Å²) in [7, 11) is 0. The van der Waals surface area contributed by atoms with Gasteiger partial charge < -0.3 is 9.84 Å². The maximum absolute atomic E-state index is 12.8. The Morgan fingerprint density at radius 3 is 2.52 bits per heavy atom. The van der Waals surface area contributed by atoms with E-state index in [1.54, 1.807) is 18.7 Å². The Hall–Kier alpha value is -1.53. The Labute approximate surface area is 153 Å². The highest BCUT2D eigenvalue weighted by Gasteiger charge is 2.43. The van der Waals surface area contributed by atoms with Gasteiger partial charge in [0.1, 0.15) is 6.61 Å². The Bertz CT molecular complexity index is 592. The van der Waals surface area contributed by atoms with E-state index in [1.807, 2.05) is 51.1 Å². The number of rotatable bonds is 7. The fourth-order valence-electron chi connectivity index (χ4n) is 2.94. The molecule has 0 saturated carbocycles. The topological polar surface area (TPSA) is 66.8 Å². The molecule has 25 heavy (non-hydrogen) atoms. The van der Waals surface area contributed by atoms with Gasteiger partial charge in [-0.05, 0) is 24.5 Å². The van der Waals surface area contributed by atoms with Gasteiger partial charge in [0.05, 0.1) is 18.1 Å². The van der Waals surface area contributed by atoms with Gasteiger partial charge in [0.25, 0.3) is 0 Å². The summed E-state index contributed by atoms with van der Waals surface area (Å²) in [6.45, 7) is 7.80. The first-order valence-corrected chi connectivity index (χ1v) is 9.64. The van der Waals surface area contributed by atoms with Crippen LogP contribution in [0.5, 0.6) is 0 Å². The smallest absolute Gasteiger partial charge is 0.416 e. The fourth-order valence-corrected chi connectivity index (χ4v) is 4.14. The number of hydrogen-bond donors (Lipinski definition) is 1. The number of ether oxygens (including phenoxy) is 1. The minimum absolute atomic E-state index is 0.111. The van der Waals surface area contributed by atoms with Crippen molar-refractivity contribution in [2.45, 2.75) is 56.4 Å². The molecule has 0 bridgehead atoms. The van der Waals surface area contributed by atoms with Crippen molar-refractivity contribution in [2.75, 3.05) is 6.61 Å². The number of aliphatic hydroxyl groups excluding tert-OH is 1. The van der Waals surface area contributed by atoms with Gasteiger partial charge in [-0.25, -0.2) is 9.69 Å². The van der Waals surface area contributed by atoms with Crippen molar-refractivity contribution in [3.8, 4) is 0 Å². The van der Waals surface area contributed by atoms with Crippen LogP contribution in [0.2, 0.25) is 0 Å². The van der Waals surface area contributed by atoms with Crippen LogP contribution in [-0.2, 0) is 9.53 Å². The van der Waals surface area contributed by atoms with Crippen LogP contribution in [0.4, 0.5) is 4.79 Å². The van der Waals surface area contributed by atoms with Crippen molar-refractivity contribution in [2.24, 2.45) is 11.8 Å². The number of cyclic esters (lactones) is 1. The van der Waals surface area contributed by atoms with E-state index in [2.05, 4.69) is 0 Å². The first-order chi connectivity index (χ1) is 11.9. The normalized spacial score (nSPS) is 21.1. The number of benzene rings is 1. The zero-order chi connectivity index (χ0) is 18.6. The van der Waals surface area contributed by atoms with Gasteiger partial charge in [-0.1, -0.05) is 45.9 Å². The zero-order valence-electron chi connectivity index (χ0n) is 15.2. The van der Waals surface area contributed by atoms with Crippen LogP contribution in [0, 0.1) is 11.8 Å². The number of carbonyl (C=O) groups excluding carboxylic acids is 2. The van der Waals surface area contributed by atoms with E-state index in [0.29, 0.717) is 0 Å². The summed E-state index contributed by atoms with van der Waals surface area (Å²) in [6.07, 6.45) is -0.730. The zero-order valence-corrected chi connectivity index (χ0v) is 16.0. The van der Waals surface area contributed by atoms with Gasteiger partial charge in [0, 0.05) is 10.1 Å². The summed E-state index contributed by atoms with van der Waals surface area (Å²) >= 11 is 1.56. The lowest BCUT2D eigenvalue weighted by Gasteiger charge is -2.30. The molecule has 1 heterocycles. The van der Waals surface area contributed by atoms with Gasteiger partial charge >= 0.3 is 6.09 Å². The van der Waals surface area contributed by atoms with Gasteiger partial charge in [-0.2, -0.15) is 0 Å². The molecule has 0 aliphatic carbocycles. The Kier molecular flexibility index (Phi) is 6.90. The van der Waals surface area contributed by atoms with E-state index in [1.165, 1.54) is 4.90 Å². The van der Waals surface area contributed by atoms with E-state index in [0.717, 1.165) is 11.3 Å². The molecule has 1 N–H and O–H groups in total. The summed E-state index contributed by atoms with van der Waals surface area (Å²) in [5.74, 6) is -0.922. The lowest BCUT2D eigenvalue weighted by Crippen LogP contribution is -2.48. The second kappa shape index (κ2) is 8.72. The molecule has 0 aromatic heterocycles. The summed E-state index contributed by atoms with van der Waals surface area (Å²) < 4.78 is 5.05. The van der Waals surface area contributed by atoms with Crippen LogP contribution >= 0.6 is 11.8 Å². The monoisotopic (exact) mass is 365 g/mol. The molecule has 5 nitrogen and oxygen atoms in total. The maximum atomic E-state index is 12.8. The van der Waals surface area contributed by atoms with Gasteiger partial charge in [-0.15, -0.1) is 11.8 Å². The first kappa shape index (κ1) is 19.8. The minimum atomic E-state index is -0.844. The van der Waals surface area contributed by atoms with E-state index in [9.17, 15) is 14.7 Å². The van der Waals surface area contributed by atoms with Gasteiger partial charge in [0.2, 0.25) is 5.91 Å². The molecule has 1 aromatic carbocycles. The largest absolute Gasteiger partial charge is 0.447 e. The van der Waals surface area contributed by atoms with Gasteiger partial charge in [-0.3, -0.25) is 4.79 Å². The summed E-state index contributed by atoms with van der Waals surface area (Å²) in [4.78, 5) is 27.1. The van der Waals surface area contributed by atoms with Crippen LogP contribution in [0.1, 0.15) is 34.1 Å². The molecule has 2 amide bonds. The van der Waals surface area contributed by atoms with Crippen LogP contribution in [0.15, 0.2) is 35.2 Å². The molecular formula is C19H27NO4S. The second-order valence-electron chi connectivity index (χ2n) is 6.75. The standard InChI is InChI=1S/C19H27NO4S/c1-5-16(25-14-9-7-6-8-10-14)17(21)13(4)18(22)20-15(12(2)3)11-24-19(20)23/h6-10,12-13,15-17,21H,5,11H2,1-4H3/t13-,15-,16-,17+/m1/s1. The molecule has 0 spiro atoms. The van der Waals surface area contributed by atoms with Crippen molar-refractivity contribution < 1.29 is 19.4 Å². The third-order valence-electron chi connectivity index (χ3n) is 4.63. The number of carbonyl (C=O) groups is 2. The van der Waals surface area contributed by atoms with Gasteiger partial charge in [0.15, 0.2) is 0 Å². The summed E-state index contributed by atoms with van der Waals surface area (Å²) in [5, 5.41) is 10.6. The van der Waals surface area contributed by atoms with Crippen LogP contribution < -0.4 is 0 Å². The maximum Gasteiger partial charge on any atom is 0.416 e. The molecule has 0 unspecified atom stereocenters. The summed E-state index contributed by atoms with van der Waals surface area (Å²) in [6, 6.07) is 9.54. The predicted octanol–water partition coefficient (Wildman–Crippen LogP) is 3.56. The molecule has 1 saturated heterocycles. The lowest BCUT2D eigenvalue weighted by atomic mass is 9.96. The quantitative estimate of drug-likeness (QED) is 0.749. The average Bonchev–Trinajstić information content (AvgIpc) is 3.00. The minimum Gasteiger partial charge on any atom is -0.447 e. The molecule has 6 heteroatoms. The first-order valence-electron chi connectivity index (χ1n) is 8.76. The van der Waals surface area contributed by atoms with Crippen LogP contribution in [0.3, 0.4) is 0 Å². The van der Waals surface area contributed by atoms with E-state index in [-0.39, 0.29) is 29.7 Å². The number of imide groups is 1. The van der Waals surface area contributed by atoms with Crippen molar-refractivity contribution in [3.05, 3.63) is 30.3 Å². The predicted molar refractivity (Wildman–Crippen MR) is 98.4 cm³/mol. The van der Waals surface area contributed by atoms with E-state index >= 15 is 0 Å². The number of aliphatic hydroxyl groups is 1. The highest BCUT2D eigenvalue weighted by molar-refractivity contribution is 8.00. The molecule has 138 valence electrons. The Morgan fingerprint density at radius 1 is 1.32 bits per heavy atom. The van der Waals surface area contributed by atoms with Crippen molar-refractivity contribution in [1.82, 2.24) is 4.90 Å². The number of hydrogen-bond acceptors (Lipinski definition) is 5. The third kappa shape index (κ3) is 4.55. The molecule has 4 atom stereocenters. The number of thioether (sulfide) groups is 1. The second-order valence-corrected chi connectivity index (χ2v) is 8.07. The van der Waals surface area contributed by atoms with Crippen molar-refractivity contribution in [1.29, 1.82) is 0 Å². The molecule has 1 aliphatic rings. The Morgan fingerprint density at radius 2 is 1.96 bits per heavy atom. The molecule has 1 aliphatic heterocycles. The highest BCUT2D eigenvalue weighted by Crippen LogP contribution is 2.31. The Balaban J connectivity index is 2.09. The van der Waals surface area contributed by atoms with E-state index < -0.39 is 18.1 Å². The average molecular weight is 365 g/mol. The molecule has 0 radical (unpaired) electrons. The highest BCUT2D eigenvalue weighted by atomic mass is 32.2. The van der Waals surface area contributed by atoms with Crippen molar-refractivity contribution in [3.63, 3.8) is 0 Å². The van der Waals surface area contributed by atoms with Crippen LogP contribution in [0.25, 0.3) is 0 Å².